The highest BCUT2D eigenvalue weighted by molar-refractivity contribution is 5.89. The molecule has 0 bridgehead atoms. The van der Waals surface area contributed by atoms with E-state index >= 15 is 0 Å². The summed E-state index contributed by atoms with van der Waals surface area (Å²) in [6.07, 6.45) is 0. The Morgan fingerprint density at radius 3 is 2.50 bits per heavy atom. The van der Waals surface area contributed by atoms with Crippen LogP contribution in [0.2, 0.25) is 0 Å². The highest BCUT2D eigenvalue weighted by atomic mass is 16.6. The highest BCUT2D eigenvalue weighted by Crippen LogP contribution is 2.21. The average molecular weight is 353 g/mol. The van der Waals surface area contributed by atoms with Gasteiger partial charge >= 0.3 is 5.97 Å². The van der Waals surface area contributed by atoms with Gasteiger partial charge in [-0.3, -0.25) is 10.1 Å². The molecule has 3 aromatic rings. The van der Waals surface area contributed by atoms with E-state index in [0.717, 1.165) is 11.1 Å². The number of benzene rings is 2. The van der Waals surface area contributed by atoms with Gasteiger partial charge in [0.05, 0.1) is 10.5 Å². The molecule has 0 saturated carbocycles. The second kappa shape index (κ2) is 7.14. The summed E-state index contributed by atoms with van der Waals surface area (Å²) >= 11 is 0. The van der Waals surface area contributed by atoms with E-state index in [2.05, 4.69) is 10.2 Å². The normalized spacial score (nSPS) is 10.5. The number of ether oxygens (including phenoxy) is 1. The van der Waals surface area contributed by atoms with Crippen molar-refractivity contribution in [3.05, 3.63) is 75.2 Å². The van der Waals surface area contributed by atoms with E-state index in [4.69, 9.17) is 9.15 Å². The summed E-state index contributed by atoms with van der Waals surface area (Å²) in [6.45, 7) is 3.72. The van der Waals surface area contributed by atoms with Crippen LogP contribution in [0.25, 0.3) is 11.5 Å². The van der Waals surface area contributed by atoms with Crippen molar-refractivity contribution in [3.63, 3.8) is 0 Å². The van der Waals surface area contributed by atoms with Crippen LogP contribution in [-0.4, -0.2) is 21.1 Å². The van der Waals surface area contributed by atoms with Crippen LogP contribution in [0.4, 0.5) is 5.69 Å². The molecule has 1 heterocycles. The lowest BCUT2D eigenvalue weighted by Crippen LogP contribution is -2.06. The Labute approximate surface area is 148 Å². The van der Waals surface area contributed by atoms with E-state index in [1.807, 2.05) is 19.9 Å². The molecule has 0 radical (unpaired) electrons. The van der Waals surface area contributed by atoms with Crippen LogP contribution in [0.15, 0.2) is 46.9 Å². The van der Waals surface area contributed by atoms with Gasteiger partial charge in [0.15, 0.2) is 6.61 Å². The van der Waals surface area contributed by atoms with Gasteiger partial charge in [-0.25, -0.2) is 4.79 Å². The fourth-order valence-electron chi connectivity index (χ4n) is 2.23. The first-order valence-electron chi connectivity index (χ1n) is 7.75. The Kier molecular flexibility index (Phi) is 4.74. The first kappa shape index (κ1) is 17.3. The maximum atomic E-state index is 12.1. The predicted octanol–water partition coefficient (Wildman–Crippen LogP) is 3.62. The number of nitrogens with zero attached hydrogens (tertiary/aromatic N) is 3. The van der Waals surface area contributed by atoms with E-state index < -0.39 is 10.9 Å². The molecule has 0 atom stereocenters. The third-order valence-corrected chi connectivity index (χ3v) is 3.86. The predicted molar refractivity (Wildman–Crippen MR) is 91.4 cm³/mol. The van der Waals surface area contributed by atoms with E-state index in [9.17, 15) is 14.9 Å². The molecule has 8 heteroatoms. The molecule has 132 valence electrons. The van der Waals surface area contributed by atoms with Crippen molar-refractivity contribution >= 4 is 11.7 Å². The fraction of sp³-hybridized carbons (Fsp3) is 0.167. The molecule has 0 spiro atoms. The van der Waals surface area contributed by atoms with E-state index in [-0.39, 0.29) is 24.1 Å². The molecule has 8 nitrogen and oxygen atoms in total. The topological polar surface area (TPSA) is 108 Å². The van der Waals surface area contributed by atoms with Crippen LogP contribution < -0.4 is 0 Å². The van der Waals surface area contributed by atoms with Crippen molar-refractivity contribution in [1.29, 1.82) is 0 Å². The lowest BCUT2D eigenvalue weighted by Gasteiger charge is -2.04. The summed E-state index contributed by atoms with van der Waals surface area (Å²) < 4.78 is 10.6. The summed E-state index contributed by atoms with van der Waals surface area (Å²) in [5.41, 5.74) is 3.04. The molecular formula is C18H15N3O5. The summed E-state index contributed by atoms with van der Waals surface area (Å²) in [5, 5.41) is 18.3. The number of rotatable bonds is 5. The van der Waals surface area contributed by atoms with Crippen molar-refractivity contribution in [1.82, 2.24) is 10.2 Å². The molecule has 26 heavy (non-hydrogen) atoms. The Morgan fingerprint density at radius 2 is 1.85 bits per heavy atom. The van der Waals surface area contributed by atoms with Gasteiger partial charge in [-0.2, -0.15) is 0 Å². The number of nitro groups is 1. The van der Waals surface area contributed by atoms with Crippen LogP contribution in [0, 0.1) is 24.0 Å². The minimum Gasteiger partial charge on any atom is -0.452 e. The zero-order valence-corrected chi connectivity index (χ0v) is 14.1. The number of carbonyl (C=O) groups excluding carboxylic acids is 1. The van der Waals surface area contributed by atoms with Crippen molar-refractivity contribution in [2.24, 2.45) is 0 Å². The zero-order valence-electron chi connectivity index (χ0n) is 14.1. The van der Waals surface area contributed by atoms with Crippen LogP contribution >= 0.6 is 0 Å². The smallest absolute Gasteiger partial charge is 0.338 e. The van der Waals surface area contributed by atoms with Crippen molar-refractivity contribution in [2.45, 2.75) is 20.5 Å². The van der Waals surface area contributed by atoms with Crippen LogP contribution in [-0.2, 0) is 11.3 Å². The molecule has 1 aromatic heterocycles. The summed E-state index contributed by atoms with van der Waals surface area (Å²) in [6, 6.07) is 11.0. The van der Waals surface area contributed by atoms with E-state index in [1.54, 1.807) is 12.1 Å². The molecule has 0 aliphatic heterocycles. The molecule has 0 fully saturated rings. The number of hydrogen-bond donors (Lipinski definition) is 0. The van der Waals surface area contributed by atoms with Gasteiger partial charge in [-0.1, -0.05) is 6.07 Å². The number of nitro benzene ring substituents is 1. The van der Waals surface area contributed by atoms with E-state index in [1.165, 1.54) is 24.3 Å². The largest absolute Gasteiger partial charge is 0.452 e. The summed E-state index contributed by atoms with van der Waals surface area (Å²) in [4.78, 5) is 22.3. The third kappa shape index (κ3) is 3.75. The minimum absolute atomic E-state index is 0.0317. The maximum absolute atomic E-state index is 12.1. The molecule has 0 N–H and O–H groups in total. The highest BCUT2D eigenvalue weighted by Gasteiger charge is 2.14. The Balaban J connectivity index is 1.65. The first-order valence-corrected chi connectivity index (χ1v) is 7.75. The number of carbonyl (C=O) groups is 1. The first-order chi connectivity index (χ1) is 12.4. The van der Waals surface area contributed by atoms with Crippen molar-refractivity contribution in [2.75, 3.05) is 0 Å². The van der Waals surface area contributed by atoms with Gasteiger partial charge < -0.3 is 9.15 Å². The number of aromatic nitrogens is 2. The monoisotopic (exact) mass is 353 g/mol. The average Bonchev–Trinajstić information content (AvgIpc) is 3.11. The summed E-state index contributed by atoms with van der Waals surface area (Å²) in [5.74, 6) is -0.157. The van der Waals surface area contributed by atoms with Crippen LogP contribution in [0.1, 0.15) is 27.4 Å². The second-order valence-corrected chi connectivity index (χ2v) is 5.68. The standard InChI is InChI=1S/C18H15N3O5/c1-11-3-4-14(9-12(11)2)18(22)25-10-16-19-20-17(26-16)13-5-7-15(8-6-13)21(23)24/h3-9H,10H2,1-2H3. The van der Waals surface area contributed by atoms with E-state index in [0.29, 0.717) is 11.1 Å². The van der Waals surface area contributed by atoms with Gasteiger partial charge in [0.25, 0.3) is 11.6 Å². The molecule has 3 rings (SSSR count). The third-order valence-electron chi connectivity index (χ3n) is 3.86. The maximum Gasteiger partial charge on any atom is 0.338 e. The van der Waals surface area contributed by atoms with Gasteiger partial charge in [0.2, 0.25) is 5.89 Å². The fourth-order valence-corrected chi connectivity index (χ4v) is 2.23. The number of aryl methyl sites for hydroxylation is 2. The zero-order chi connectivity index (χ0) is 18.7. The SMILES string of the molecule is Cc1ccc(C(=O)OCc2nnc(-c3ccc([N+](=O)[O-])cc3)o2)cc1C. The summed E-state index contributed by atoms with van der Waals surface area (Å²) in [7, 11) is 0. The van der Waals surface area contributed by atoms with Crippen molar-refractivity contribution in [3.8, 4) is 11.5 Å². The van der Waals surface area contributed by atoms with Gasteiger partial charge in [0, 0.05) is 17.7 Å². The Hall–Kier alpha value is -3.55. The van der Waals surface area contributed by atoms with Crippen LogP contribution in [0.5, 0.6) is 0 Å². The lowest BCUT2D eigenvalue weighted by atomic mass is 10.1. The Morgan fingerprint density at radius 1 is 1.12 bits per heavy atom. The lowest BCUT2D eigenvalue weighted by molar-refractivity contribution is -0.384. The number of non-ortho nitro benzene ring substituents is 1. The molecule has 0 saturated heterocycles. The minimum atomic E-state index is -0.491. The van der Waals surface area contributed by atoms with Crippen molar-refractivity contribution < 1.29 is 18.9 Å². The molecule has 0 aliphatic rings. The molecule has 2 aromatic carbocycles. The van der Waals surface area contributed by atoms with Gasteiger partial charge in [0.1, 0.15) is 0 Å². The molecule has 0 aliphatic carbocycles. The number of hydrogen-bond acceptors (Lipinski definition) is 7. The van der Waals surface area contributed by atoms with Gasteiger partial charge in [-0.15, -0.1) is 10.2 Å². The molecular weight excluding hydrogens is 338 g/mol. The van der Waals surface area contributed by atoms with Gasteiger partial charge in [-0.05, 0) is 49.2 Å². The molecule has 0 unspecified atom stereocenters. The Bertz CT molecular complexity index is 963. The van der Waals surface area contributed by atoms with Crippen LogP contribution in [0.3, 0.4) is 0 Å². The second-order valence-electron chi connectivity index (χ2n) is 5.68. The quantitative estimate of drug-likeness (QED) is 0.391. The number of esters is 1. The molecule has 0 amide bonds.